The standard InChI is InChI=1S/C17H27N3O/c1-17(2)9-7-12(8-10-17)20(3)15-11-13(21-4)5-6-14(15)16(18)19/h5-6,11-12H,7-10H2,1-4H3,(H3,18,19). The highest BCUT2D eigenvalue weighted by Gasteiger charge is 2.29. The van der Waals surface area contributed by atoms with Gasteiger partial charge < -0.3 is 15.4 Å². The number of anilines is 1. The molecular weight excluding hydrogens is 262 g/mol. The first-order chi connectivity index (χ1) is 9.84. The summed E-state index contributed by atoms with van der Waals surface area (Å²) in [5.74, 6) is 0.911. The Labute approximate surface area is 127 Å². The zero-order valence-electron chi connectivity index (χ0n) is 13.6. The first-order valence-corrected chi connectivity index (χ1v) is 7.59. The lowest BCUT2D eigenvalue weighted by molar-refractivity contribution is 0.222. The van der Waals surface area contributed by atoms with Crippen molar-refractivity contribution < 1.29 is 4.74 Å². The van der Waals surface area contributed by atoms with Gasteiger partial charge in [-0.1, -0.05) is 13.8 Å². The highest BCUT2D eigenvalue weighted by molar-refractivity contribution is 6.00. The highest BCUT2D eigenvalue weighted by atomic mass is 16.5. The molecule has 4 heteroatoms. The van der Waals surface area contributed by atoms with Crippen LogP contribution in [0.1, 0.15) is 45.1 Å². The number of nitrogens with one attached hydrogen (secondary N) is 1. The average molecular weight is 289 g/mol. The lowest BCUT2D eigenvalue weighted by Gasteiger charge is -2.40. The molecule has 116 valence electrons. The van der Waals surface area contributed by atoms with Crippen LogP contribution in [0.4, 0.5) is 5.69 Å². The topological polar surface area (TPSA) is 62.3 Å². The van der Waals surface area contributed by atoms with E-state index in [4.69, 9.17) is 15.9 Å². The number of methoxy groups -OCH3 is 1. The summed E-state index contributed by atoms with van der Waals surface area (Å²) < 4.78 is 5.32. The molecule has 1 aliphatic rings. The summed E-state index contributed by atoms with van der Waals surface area (Å²) in [6.45, 7) is 4.69. The van der Waals surface area contributed by atoms with Crippen LogP contribution in [0.5, 0.6) is 5.75 Å². The number of benzene rings is 1. The number of nitrogen functional groups attached to an aromatic ring is 1. The predicted molar refractivity (Wildman–Crippen MR) is 88.5 cm³/mol. The molecule has 1 saturated carbocycles. The molecule has 0 saturated heterocycles. The third-order valence-corrected chi connectivity index (χ3v) is 4.73. The SMILES string of the molecule is COc1ccc(C(=N)N)c(N(C)C2CCC(C)(C)CC2)c1. The minimum atomic E-state index is 0.107. The van der Waals surface area contributed by atoms with Crippen LogP contribution in [-0.2, 0) is 0 Å². The number of nitrogens with zero attached hydrogens (tertiary/aromatic N) is 1. The van der Waals surface area contributed by atoms with Crippen molar-refractivity contribution in [3.63, 3.8) is 0 Å². The third kappa shape index (κ3) is 3.49. The number of rotatable bonds is 4. The lowest BCUT2D eigenvalue weighted by atomic mass is 9.75. The summed E-state index contributed by atoms with van der Waals surface area (Å²) in [5, 5.41) is 7.78. The smallest absolute Gasteiger partial charge is 0.124 e. The summed E-state index contributed by atoms with van der Waals surface area (Å²) in [4.78, 5) is 2.27. The van der Waals surface area contributed by atoms with E-state index < -0.39 is 0 Å². The van der Waals surface area contributed by atoms with Gasteiger partial charge in [-0.25, -0.2) is 0 Å². The molecule has 1 aromatic carbocycles. The molecule has 0 heterocycles. The van der Waals surface area contributed by atoms with Crippen molar-refractivity contribution in [2.24, 2.45) is 11.1 Å². The summed E-state index contributed by atoms with van der Waals surface area (Å²) in [6.07, 6.45) is 4.83. The van der Waals surface area contributed by atoms with Crippen LogP contribution in [0.25, 0.3) is 0 Å². The maximum absolute atomic E-state index is 7.78. The normalized spacial score (nSPS) is 18.3. The molecule has 1 aliphatic carbocycles. The molecular formula is C17H27N3O. The molecule has 2 rings (SSSR count). The fourth-order valence-corrected chi connectivity index (χ4v) is 3.13. The fourth-order valence-electron chi connectivity index (χ4n) is 3.13. The van der Waals surface area contributed by atoms with E-state index >= 15 is 0 Å². The lowest BCUT2D eigenvalue weighted by Crippen LogP contribution is -2.38. The van der Waals surface area contributed by atoms with E-state index in [0.717, 1.165) is 17.0 Å². The first-order valence-electron chi connectivity index (χ1n) is 7.59. The van der Waals surface area contributed by atoms with Gasteiger partial charge in [-0.05, 0) is 43.2 Å². The van der Waals surface area contributed by atoms with Crippen molar-refractivity contribution in [3.8, 4) is 5.75 Å². The van der Waals surface area contributed by atoms with Crippen molar-refractivity contribution in [3.05, 3.63) is 23.8 Å². The van der Waals surface area contributed by atoms with Gasteiger partial charge in [-0.3, -0.25) is 5.41 Å². The Morgan fingerprint density at radius 1 is 1.33 bits per heavy atom. The van der Waals surface area contributed by atoms with Gasteiger partial charge in [-0.2, -0.15) is 0 Å². The molecule has 0 radical (unpaired) electrons. The minimum Gasteiger partial charge on any atom is -0.497 e. The van der Waals surface area contributed by atoms with Gasteiger partial charge >= 0.3 is 0 Å². The van der Waals surface area contributed by atoms with Gasteiger partial charge in [0.2, 0.25) is 0 Å². The van der Waals surface area contributed by atoms with Crippen molar-refractivity contribution >= 4 is 11.5 Å². The molecule has 3 N–H and O–H groups in total. The fraction of sp³-hybridized carbons (Fsp3) is 0.588. The Hall–Kier alpha value is -1.71. The Balaban J connectivity index is 2.25. The van der Waals surface area contributed by atoms with E-state index in [1.54, 1.807) is 7.11 Å². The summed E-state index contributed by atoms with van der Waals surface area (Å²) >= 11 is 0. The van der Waals surface area contributed by atoms with Crippen molar-refractivity contribution in [2.75, 3.05) is 19.1 Å². The molecule has 21 heavy (non-hydrogen) atoms. The predicted octanol–water partition coefficient (Wildman–Crippen LogP) is 3.38. The van der Waals surface area contributed by atoms with Gasteiger partial charge in [0.1, 0.15) is 11.6 Å². The zero-order valence-corrected chi connectivity index (χ0v) is 13.6. The number of amidine groups is 1. The zero-order chi connectivity index (χ0) is 15.6. The molecule has 0 bridgehead atoms. The van der Waals surface area contributed by atoms with Crippen LogP contribution in [0, 0.1) is 10.8 Å². The number of hydrogen-bond acceptors (Lipinski definition) is 3. The van der Waals surface area contributed by atoms with E-state index in [1.807, 2.05) is 18.2 Å². The third-order valence-electron chi connectivity index (χ3n) is 4.73. The van der Waals surface area contributed by atoms with Crippen LogP contribution in [0.15, 0.2) is 18.2 Å². The van der Waals surface area contributed by atoms with E-state index in [1.165, 1.54) is 25.7 Å². The van der Waals surface area contributed by atoms with E-state index in [0.29, 0.717) is 11.5 Å². The van der Waals surface area contributed by atoms with Gasteiger partial charge in [0.05, 0.1) is 12.8 Å². The maximum Gasteiger partial charge on any atom is 0.124 e. The molecule has 0 spiro atoms. The summed E-state index contributed by atoms with van der Waals surface area (Å²) in [7, 11) is 3.76. The van der Waals surface area contributed by atoms with Crippen LogP contribution in [0.2, 0.25) is 0 Å². The molecule has 0 unspecified atom stereocenters. The van der Waals surface area contributed by atoms with Crippen LogP contribution >= 0.6 is 0 Å². The van der Waals surface area contributed by atoms with Gasteiger partial charge in [0, 0.05) is 24.7 Å². The quantitative estimate of drug-likeness (QED) is 0.660. The Morgan fingerprint density at radius 2 is 1.95 bits per heavy atom. The Morgan fingerprint density at radius 3 is 2.48 bits per heavy atom. The van der Waals surface area contributed by atoms with E-state index in [2.05, 4.69) is 25.8 Å². The molecule has 0 amide bonds. The first kappa shape index (κ1) is 15.7. The minimum absolute atomic E-state index is 0.107. The maximum atomic E-state index is 7.78. The molecule has 1 fully saturated rings. The average Bonchev–Trinajstić information content (AvgIpc) is 2.45. The van der Waals surface area contributed by atoms with E-state index in [-0.39, 0.29) is 5.84 Å². The highest BCUT2D eigenvalue weighted by Crippen LogP contribution is 2.38. The van der Waals surface area contributed by atoms with Gasteiger partial charge in [0.15, 0.2) is 0 Å². The molecule has 0 aliphatic heterocycles. The van der Waals surface area contributed by atoms with Crippen molar-refractivity contribution in [1.29, 1.82) is 5.41 Å². The van der Waals surface area contributed by atoms with Gasteiger partial charge in [0.25, 0.3) is 0 Å². The second-order valence-corrected chi connectivity index (χ2v) is 6.80. The summed E-state index contributed by atoms with van der Waals surface area (Å²) in [6, 6.07) is 6.22. The van der Waals surface area contributed by atoms with Crippen LogP contribution < -0.4 is 15.4 Å². The van der Waals surface area contributed by atoms with E-state index in [9.17, 15) is 0 Å². The molecule has 0 atom stereocenters. The Bertz CT molecular complexity index is 515. The van der Waals surface area contributed by atoms with Gasteiger partial charge in [-0.15, -0.1) is 0 Å². The molecule has 0 aromatic heterocycles. The summed E-state index contributed by atoms with van der Waals surface area (Å²) in [5.41, 5.74) is 7.96. The monoisotopic (exact) mass is 289 g/mol. The number of nitrogens with two attached hydrogens (primary N) is 1. The molecule has 4 nitrogen and oxygen atoms in total. The largest absolute Gasteiger partial charge is 0.497 e. The molecule has 1 aromatic rings. The number of ether oxygens (including phenoxy) is 1. The Kier molecular flexibility index (Phi) is 4.45. The van der Waals surface area contributed by atoms with Crippen LogP contribution in [-0.4, -0.2) is 26.0 Å². The van der Waals surface area contributed by atoms with Crippen molar-refractivity contribution in [1.82, 2.24) is 0 Å². The van der Waals surface area contributed by atoms with Crippen molar-refractivity contribution in [2.45, 2.75) is 45.6 Å². The second kappa shape index (κ2) is 5.96. The number of hydrogen-bond donors (Lipinski definition) is 2. The van der Waals surface area contributed by atoms with Crippen LogP contribution in [0.3, 0.4) is 0 Å². The second-order valence-electron chi connectivity index (χ2n) is 6.80.